The quantitative estimate of drug-likeness (QED) is 0.638. The van der Waals surface area contributed by atoms with Gasteiger partial charge in [0.15, 0.2) is 0 Å². The van der Waals surface area contributed by atoms with Gasteiger partial charge in [0, 0.05) is 11.6 Å². The fourth-order valence-electron chi connectivity index (χ4n) is 1.35. The third kappa shape index (κ3) is 1.09. The number of rotatable bonds is 0. The average Bonchev–Trinajstić information content (AvgIpc) is 2.49. The maximum Gasteiger partial charge on any atom is 0.143 e. The Labute approximate surface area is 79.8 Å². The van der Waals surface area contributed by atoms with Gasteiger partial charge < -0.3 is 0 Å². The third-order valence-electron chi connectivity index (χ3n) is 2.06. The van der Waals surface area contributed by atoms with Crippen LogP contribution >= 0.6 is 11.5 Å². The van der Waals surface area contributed by atoms with Crippen molar-refractivity contribution in [3.05, 3.63) is 23.0 Å². The molecule has 64 valence electrons. The zero-order valence-corrected chi connectivity index (χ0v) is 8.14. The Morgan fingerprint density at radius 3 is 2.92 bits per heavy atom. The lowest BCUT2D eigenvalue weighted by atomic mass is 10.1. The Balaban J connectivity index is 2.93. The molecule has 2 aromatic rings. The molecule has 0 aliphatic carbocycles. The van der Waals surface area contributed by atoms with E-state index in [1.54, 1.807) is 6.20 Å². The Bertz CT molecular complexity index is 507. The van der Waals surface area contributed by atoms with E-state index in [2.05, 4.69) is 15.4 Å². The van der Waals surface area contributed by atoms with Crippen LogP contribution in [0, 0.1) is 25.2 Å². The van der Waals surface area contributed by atoms with Crippen molar-refractivity contribution in [2.75, 3.05) is 0 Å². The molecule has 0 bridgehead atoms. The van der Waals surface area contributed by atoms with E-state index < -0.39 is 0 Å². The molecule has 3 nitrogen and oxygen atoms in total. The van der Waals surface area contributed by atoms with Crippen LogP contribution in [0.25, 0.3) is 10.2 Å². The molecule has 2 aromatic heterocycles. The highest BCUT2D eigenvalue weighted by Crippen LogP contribution is 2.25. The lowest BCUT2D eigenvalue weighted by Gasteiger charge is -1.97. The molecular weight excluding hydrogens is 182 g/mol. The van der Waals surface area contributed by atoms with Gasteiger partial charge >= 0.3 is 0 Å². The zero-order valence-electron chi connectivity index (χ0n) is 7.33. The molecular formula is C9H7N3S. The normalized spacial score (nSPS) is 10.2. The lowest BCUT2D eigenvalue weighted by Crippen LogP contribution is -1.86. The van der Waals surface area contributed by atoms with Crippen LogP contribution in [-0.2, 0) is 0 Å². The van der Waals surface area contributed by atoms with Crippen molar-refractivity contribution in [3.63, 3.8) is 0 Å². The van der Waals surface area contributed by atoms with Crippen LogP contribution in [0.4, 0.5) is 0 Å². The number of pyridine rings is 1. The topological polar surface area (TPSA) is 49.6 Å². The molecule has 0 N–H and O–H groups in total. The summed E-state index contributed by atoms with van der Waals surface area (Å²) in [7, 11) is 0. The molecule has 0 fully saturated rings. The minimum absolute atomic E-state index is 0.635. The van der Waals surface area contributed by atoms with Gasteiger partial charge in [-0.05, 0) is 30.9 Å². The predicted octanol–water partition coefficient (Wildman–Crippen LogP) is 2.18. The first-order valence-corrected chi connectivity index (χ1v) is 4.63. The maximum atomic E-state index is 8.80. The summed E-state index contributed by atoms with van der Waals surface area (Å²) in [6, 6.07) is 2.12. The van der Waals surface area contributed by atoms with E-state index in [1.165, 1.54) is 11.5 Å². The first-order valence-electron chi connectivity index (χ1n) is 3.85. The number of aromatic nitrogens is 2. The van der Waals surface area contributed by atoms with Crippen molar-refractivity contribution >= 4 is 21.7 Å². The van der Waals surface area contributed by atoms with E-state index in [0.717, 1.165) is 21.5 Å². The molecule has 0 atom stereocenters. The van der Waals surface area contributed by atoms with Crippen molar-refractivity contribution in [3.8, 4) is 6.07 Å². The molecule has 0 radical (unpaired) electrons. The summed E-state index contributed by atoms with van der Waals surface area (Å²) in [4.78, 5) is 5.08. The number of aryl methyl sites for hydroxylation is 2. The Morgan fingerprint density at radius 2 is 2.23 bits per heavy atom. The summed E-state index contributed by atoms with van der Waals surface area (Å²) < 4.78 is 4.20. The molecule has 0 saturated carbocycles. The predicted molar refractivity (Wildman–Crippen MR) is 51.6 cm³/mol. The van der Waals surface area contributed by atoms with Crippen LogP contribution in [-0.4, -0.2) is 9.36 Å². The van der Waals surface area contributed by atoms with Gasteiger partial charge in [0.25, 0.3) is 0 Å². The molecule has 0 unspecified atom stereocenters. The van der Waals surface area contributed by atoms with Gasteiger partial charge in [0.05, 0.1) is 11.3 Å². The standard InChI is InChI=1S/C9H7N3S/c1-5-7(3-10)4-11-9-8(5)6(2)12-13-9/h4H,1-2H3. The Morgan fingerprint density at radius 1 is 1.46 bits per heavy atom. The second-order valence-corrected chi connectivity index (χ2v) is 3.61. The van der Waals surface area contributed by atoms with Crippen molar-refractivity contribution in [2.45, 2.75) is 13.8 Å². The first kappa shape index (κ1) is 8.14. The van der Waals surface area contributed by atoms with Crippen molar-refractivity contribution < 1.29 is 0 Å². The van der Waals surface area contributed by atoms with Crippen molar-refractivity contribution in [2.24, 2.45) is 0 Å². The number of nitriles is 1. The van der Waals surface area contributed by atoms with E-state index >= 15 is 0 Å². The highest BCUT2D eigenvalue weighted by Gasteiger charge is 2.09. The second-order valence-electron chi connectivity index (χ2n) is 2.86. The van der Waals surface area contributed by atoms with E-state index in [9.17, 15) is 0 Å². The van der Waals surface area contributed by atoms with Gasteiger partial charge in [0.1, 0.15) is 10.9 Å². The largest absolute Gasteiger partial charge is 0.242 e. The summed E-state index contributed by atoms with van der Waals surface area (Å²) in [5, 5.41) is 9.83. The van der Waals surface area contributed by atoms with Gasteiger partial charge in [-0.2, -0.15) is 9.64 Å². The van der Waals surface area contributed by atoms with Crippen molar-refractivity contribution in [1.82, 2.24) is 9.36 Å². The second kappa shape index (κ2) is 2.79. The van der Waals surface area contributed by atoms with E-state index in [-0.39, 0.29) is 0 Å². The SMILES string of the molecule is Cc1nsc2ncc(C#N)c(C)c12. The van der Waals surface area contributed by atoms with Crippen LogP contribution in [0.1, 0.15) is 16.8 Å². The van der Waals surface area contributed by atoms with E-state index in [1.807, 2.05) is 13.8 Å². The number of hydrogen-bond acceptors (Lipinski definition) is 4. The summed E-state index contributed by atoms with van der Waals surface area (Å²) in [6.45, 7) is 3.87. The average molecular weight is 189 g/mol. The van der Waals surface area contributed by atoms with Gasteiger partial charge in [-0.1, -0.05) is 0 Å². The smallest absolute Gasteiger partial charge is 0.143 e. The van der Waals surface area contributed by atoms with E-state index in [4.69, 9.17) is 5.26 Å². The summed E-state index contributed by atoms with van der Waals surface area (Å²) in [5.41, 5.74) is 2.58. The molecule has 0 saturated heterocycles. The molecule has 13 heavy (non-hydrogen) atoms. The van der Waals surface area contributed by atoms with Gasteiger partial charge in [-0.25, -0.2) is 4.98 Å². The summed E-state index contributed by atoms with van der Waals surface area (Å²) in [5.74, 6) is 0. The molecule has 2 rings (SSSR count). The van der Waals surface area contributed by atoms with Gasteiger partial charge in [0.2, 0.25) is 0 Å². The van der Waals surface area contributed by atoms with E-state index in [0.29, 0.717) is 5.56 Å². The zero-order chi connectivity index (χ0) is 9.42. The van der Waals surface area contributed by atoms with Crippen molar-refractivity contribution in [1.29, 1.82) is 5.26 Å². The molecule has 0 aliphatic heterocycles. The van der Waals surface area contributed by atoms with Crippen LogP contribution < -0.4 is 0 Å². The first-order chi connectivity index (χ1) is 6.24. The fourth-order valence-corrected chi connectivity index (χ4v) is 2.15. The minimum Gasteiger partial charge on any atom is -0.242 e. The highest BCUT2D eigenvalue weighted by atomic mass is 32.1. The van der Waals surface area contributed by atoms with Crippen LogP contribution in [0.3, 0.4) is 0 Å². The number of nitrogens with zero attached hydrogens (tertiary/aromatic N) is 3. The lowest BCUT2D eigenvalue weighted by molar-refractivity contribution is 1.31. The number of fused-ring (bicyclic) bond motifs is 1. The maximum absolute atomic E-state index is 8.80. The van der Waals surface area contributed by atoms with Gasteiger partial charge in [-0.15, -0.1) is 0 Å². The fraction of sp³-hybridized carbons (Fsp3) is 0.222. The summed E-state index contributed by atoms with van der Waals surface area (Å²) >= 11 is 1.38. The van der Waals surface area contributed by atoms with Crippen LogP contribution in [0.2, 0.25) is 0 Å². The summed E-state index contributed by atoms with van der Waals surface area (Å²) in [6.07, 6.45) is 1.61. The highest BCUT2D eigenvalue weighted by molar-refractivity contribution is 7.12. The monoisotopic (exact) mass is 189 g/mol. The molecule has 0 spiro atoms. The molecule has 0 aliphatic rings. The number of hydrogen-bond donors (Lipinski definition) is 0. The molecule has 0 aromatic carbocycles. The van der Waals surface area contributed by atoms with Crippen LogP contribution in [0.5, 0.6) is 0 Å². The Hall–Kier alpha value is -1.47. The molecule has 4 heteroatoms. The third-order valence-corrected chi connectivity index (χ3v) is 2.90. The molecule has 2 heterocycles. The molecule has 0 amide bonds. The van der Waals surface area contributed by atoms with Crippen LogP contribution in [0.15, 0.2) is 6.20 Å². The Kier molecular flexibility index (Phi) is 1.74. The van der Waals surface area contributed by atoms with Gasteiger partial charge in [-0.3, -0.25) is 0 Å². The minimum atomic E-state index is 0.635.